The smallest absolute Gasteiger partial charge is 0.328 e. The molecule has 0 spiro atoms. The van der Waals surface area contributed by atoms with E-state index in [0.717, 1.165) is 0 Å². The summed E-state index contributed by atoms with van der Waals surface area (Å²) in [6.45, 7) is 0. The Morgan fingerprint density at radius 3 is 2.76 bits per heavy atom. The van der Waals surface area contributed by atoms with Crippen LogP contribution in [0.25, 0.3) is 11.0 Å². The number of aromatic amines is 2. The highest BCUT2D eigenvalue weighted by Crippen LogP contribution is 2.24. The second kappa shape index (κ2) is 5.48. The van der Waals surface area contributed by atoms with Crippen molar-refractivity contribution in [3.05, 3.63) is 72.7 Å². The van der Waals surface area contributed by atoms with Gasteiger partial charge in [-0.2, -0.15) is 5.10 Å². The van der Waals surface area contributed by atoms with Crippen LogP contribution in [0.3, 0.4) is 0 Å². The SMILES string of the molecule is O=c1[nH]c(O)c(C2=NNC(c3coc4ccccc4c3=O)C2)c(=O)[nH]1. The Morgan fingerprint density at radius 1 is 1.16 bits per heavy atom. The molecule has 1 atom stereocenters. The van der Waals surface area contributed by atoms with Crippen molar-refractivity contribution in [3.63, 3.8) is 0 Å². The Labute approximate surface area is 138 Å². The fraction of sp³-hybridized carbons (Fsp3) is 0.125. The van der Waals surface area contributed by atoms with Crippen molar-refractivity contribution in [3.8, 4) is 5.88 Å². The number of hydrazone groups is 1. The van der Waals surface area contributed by atoms with E-state index in [0.29, 0.717) is 16.5 Å². The van der Waals surface area contributed by atoms with Crippen LogP contribution in [0.4, 0.5) is 0 Å². The number of H-pyrrole nitrogens is 2. The molecule has 2 aromatic heterocycles. The molecule has 1 unspecified atom stereocenters. The molecule has 0 saturated carbocycles. The van der Waals surface area contributed by atoms with Crippen LogP contribution in [0.2, 0.25) is 0 Å². The lowest BCUT2D eigenvalue weighted by atomic mass is 10.0. The summed E-state index contributed by atoms with van der Waals surface area (Å²) in [6.07, 6.45) is 1.53. The van der Waals surface area contributed by atoms with Crippen LogP contribution >= 0.6 is 0 Å². The van der Waals surface area contributed by atoms with Crippen LogP contribution in [0.15, 0.2) is 54.4 Å². The van der Waals surface area contributed by atoms with Gasteiger partial charge in [-0.25, -0.2) is 4.79 Å². The molecule has 1 aliphatic rings. The zero-order valence-electron chi connectivity index (χ0n) is 12.7. The first kappa shape index (κ1) is 14.9. The molecule has 126 valence electrons. The van der Waals surface area contributed by atoms with Gasteiger partial charge in [-0.05, 0) is 12.1 Å². The molecule has 0 bridgehead atoms. The Kier molecular flexibility index (Phi) is 3.27. The molecule has 25 heavy (non-hydrogen) atoms. The Morgan fingerprint density at radius 2 is 1.96 bits per heavy atom. The highest BCUT2D eigenvalue weighted by molar-refractivity contribution is 6.03. The lowest BCUT2D eigenvalue weighted by molar-refractivity contribution is 0.447. The fourth-order valence-electron chi connectivity index (χ4n) is 2.85. The van der Waals surface area contributed by atoms with Gasteiger partial charge in [-0.15, -0.1) is 0 Å². The minimum absolute atomic E-state index is 0.139. The maximum atomic E-state index is 12.6. The number of benzene rings is 1. The molecule has 1 aliphatic heterocycles. The predicted octanol–water partition coefficient (Wildman–Crippen LogP) is 0.314. The Hall–Kier alpha value is -3.62. The van der Waals surface area contributed by atoms with E-state index in [9.17, 15) is 19.5 Å². The minimum atomic E-state index is -0.815. The van der Waals surface area contributed by atoms with Gasteiger partial charge in [0.1, 0.15) is 17.4 Å². The molecule has 0 radical (unpaired) electrons. The predicted molar refractivity (Wildman–Crippen MR) is 88.9 cm³/mol. The van der Waals surface area contributed by atoms with Crippen LogP contribution < -0.4 is 22.1 Å². The second-order valence-corrected chi connectivity index (χ2v) is 5.59. The average Bonchev–Trinajstić information content (AvgIpc) is 3.04. The van der Waals surface area contributed by atoms with Crippen molar-refractivity contribution in [1.82, 2.24) is 15.4 Å². The lowest BCUT2D eigenvalue weighted by Gasteiger charge is -2.09. The third-order valence-electron chi connectivity index (χ3n) is 4.05. The number of hydrogen-bond donors (Lipinski definition) is 4. The zero-order valence-corrected chi connectivity index (χ0v) is 12.7. The lowest BCUT2D eigenvalue weighted by Crippen LogP contribution is -2.27. The summed E-state index contributed by atoms with van der Waals surface area (Å²) in [7, 11) is 0. The van der Waals surface area contributed by atoms with E-state index in [1.165, 1.54) is 6.26 Å². The average molecular weight is 340 g/mol. The normalized spacial score (nSPS) is 16.6. The first-order valence-corrected chi connectivity index (χ1v) is 7.43. The van der Waals surface area contributed by atoms with Crippen LogP contribution in [0.1, 0.15) is 23.6 Å². The summed E-state index contributed by atoms with van der Waals surface area (Å²) in [4.78, 5) is 39.8. The van der Waals surface area contributed by atoms with Gasteiger partial charge in [0.25, 0.3) is 5.56 Å². The molecule has 0 aliphatic carbocycles. The van der Waals surface area contributed by atoms with Crippen molar-refractivity contribution >= 4 is 16.7 Å². The zero-order chi connectivity index (χ0) is 17.6. The molecule has 9 nitrogen and oxygen atoms in total. The fourth-order valence-corrected chi connectivity index (χ4v) is 2.85. The van der Waals surface area contributed by atoms with E-state index >= 15 is 0 Å². The molecule has 3 aromatic rings. The number of aromatic hydroxyl groups is 1. The van der Waals surface area contributed by atoms with Crippen LogP contribution in [0.5, 0.6) is 5.88 Å². The van der Waals surface area contributed by atoms with Gasteiger partial charge in [0, 0.05) is 6.42 Å². The van der Waals surface area contributed by atoms with E-state index in [-0.39, 0.29) is 23.1 Å². The quantitative estimate of drug-likeness (QED) is 0.529. The van der Waals surface area contributed by atoms with Crippen LogP contribution in [0, 0.1) is 0 Å². The molecule has 0 saturated heterocycles. The first-order chi connectivity index (χ1) is 12.0. The number of hydrogen-bond acceptors (Lipinski definition) is 7. The minimum Gasteiger partial charge on any atom is -0.494 e. The Bertz CT molecular complexity index is 1190. The second-order valence-electron chi connectivity index (χ2n) is 5.59. The summed E-state index contributed by atoms with van der Waals surface area (Å²) >= 11 is 0. The van der Waals surface area contributed by atoms with E-state index < -0.39 is 23.2 Å². The monoisotopic (exact) mass is 340 g/mol. The maximum absolute atomic E-state index is 12.6. The highest BCUT2D eigenvalue weighted by atomic mass is 16.3. The molecule has 4 N–H and O–H groups in total. The maximum Gasteiger partial charge on any atom is 0.328 e. The number of fused-ring (bicyclic) bond motifs is 1. The number of nitrogens with zero attached hydrogens (tertiary/aromatic N) is 1. The molecule has 4 rings (SSSR count). The molecule has 0 amide bonds. The molecular weight excluding hydrogens is 328 g/mol. The van der Waals surface area contributed by atoms with Gasteiger partial charge in [-0.3, -0.25) is 19.6 Å². The van der Waals surface area contributed by atoms with Crippen molar-refractivity contribution in [2.75, 3.05) is 0 Å². The summed E-state index contributed by atoms with van der Waals surface area (Å²) in [5.41, 5.74) is 1.92. The summed E-state index contributed by atoms with van der Waals surface area (Å²) < 4.78 is 5.48. The van der Waals surface area contributed by atoms with Crippen LogP contribution in [-0.4, -0.2) is 20.8 Å². The topological polar surface area (TPSA) is 141 Å². The molecule has 9 heteroatoms. The molecular formula is C16H12N4O5. The van der Waals surface area contributed by atoms with Gasteiger partial charge in [-0.1, -0.05) is 12.1 Å². The van der Waals surface area contributed by atoms with Gasteiger partial charge in [0.15, 0.2) is 5.43 Å². The Balaban J connectivity index is 1.72. The summed E-state index contributed by atoms with van der Waals surface area (Å²) in [5.74, 6) is -0.569. The van der Waals surface area contributed by atoms with Crippen molar-refractivity contribution in [2.45, 2.75) is 12.5 Å². The number of aromatic nitrogens is 2. The van der Waals surface area contributed by atoms with Gasteiger partial charge in [0.2, 0.25) is 5.88 Å². The third kappa shape index (κ3) is 2.42. The summed E-state index contributed by atoms with van der Waals surface area (Å²) in [5, 5.41) is 14.3. The first-order valence-electron chi connectivity index (χ1n) is 7.43. The highest BCUT2D eigenvalue weighted by Gasteiger charge is 2.28. The van der Waals surface area contributed by atoms with E-state index in [2.05, 4.69) is 15.5 Å². The van der Waals surface area contributed by atoms with Gasteiger partial charge in [0.05, 0.1) is 22.7 Å². The number of rotatable bonds is 2. The van der Waals surface area contributed by atoms with Crippen molar-refractivity contribution in [1.29, 1.82) is 0 Å². The molecule has 0 fully saturated rings. The number of para-hydroxylation sites is 1. The van der Waals surface area contributed by atoms with Crippen molar-refractivity contribution in [2.24, 2.45) is 5.10 Å². The third-order valence-corrected chi connectivity index (χ3v) is 4.05. The van der Waals surface area contributed by atoms with Gasteiger partial charge >= 0.3 is 5.69 Å². The van der Waals surface area contributed by atoms with Gasteiger partial charge < -0.3 is 14.9 Å². The van der Waals surface area contributed by atoms with E-state index in [1.807, 2.05) is 4.98 Å². The summed E-state index contributed by atoms with van der Waals surface area (Å²) in [6, 6.07) is 6.36. The van der Waals surface area contributed by atoms with E-state index in [4.69, 9.17) is 4.42 Å². The molecule has 1 aromatic carbocycles. The number of nitrogens with one attached hydrogen (secondary N) is 3. The van der Waals surface area contributed by atoms with E-state index in [1.54, 1.807) is 24.3 Å². The van der Waals surface area contributed by atoms with Crippen LogP contribution in [-0.2, 0) is 0 Å². The largest absolute Gasteiger partial charge is 0.494 e. The standard InChI is InChI=1S/C16H12N4O5/c21-13-7-3-1-2-4-11(7)25-6-8(13)9-5-10(20-19-9)12-14(22)17-16(24)18-15(12)23/h1-4,6,9,19H,5H2,(H3,17,18,22,23,24). The molecule has 3 heterocycles. The van der Waals surface area contributed by atoms with Crippen molar-refractivity contribution < 1.29 is 9.52 Å².